The van der Waals surface area contributed by atoms with Crippen molar-refractivity contribution in [2.24, 2.45) is 5.92 Å². The molecule has 0 radical (unpaired) electrons. The third kappa shape index (κ3) is 2.69. The number of hydrogen-bond acceptors (Lipinski definition) is 4. The third-order valence-corrected chi connectivity index (χ3v) is 4.47. The highest BCUT2D eigenvalue weighted by Gasteiger charge is 2.45. The number of methoxy groups -OCH3 is 1. The summed E-state index contributed by atoms with van der Waals surface area (Å²) in [6.07, 6.45) is 5.66. The van der Waals surface area contributed by atoms with E-state index >= 15 is 0 Å². The molecule has 2 rings (SSSR count). The molecule has 0 aromatic carbocycles. The average Bonchev–Trinajstić information content (AvgIpc) is 2.99. The van der Waals surface area contributed by atoms with Crippen molar-refractivity contribution in [3.63, 3.8) is 0 Å². The maximum Gasteiger partial charge on any atom is 0.162 e. The number of nitrogens with zero attached hydrogens (tertiary/aromatic N) is 3. The maximum absolute atomic E-state index is 11.2. The molecule has 0 aliphatic heterocycles. The van der Waals surface area contributed by atoms with Crippen molar-refractivity contribution < 1.29 is 9.84 Å². The highest BCUT2D eigenvalue weighted by atomic mass is 16.5. The molecule has 114 valence electrons. The van der Waals surface area contributed by atoms with Crippen LogP contribution in [0.25, 0.3) is 0 Å². The van der Waals surface area contributed by atoms with Crippen molar-refractivity contribution in [1.29, 1.82) is 0 Å². The van der Waals surface area contributed by atoms with Gasteiger partial charge in [0.25, 0.3) is 0 Å². The Morgan fingerprint density at radius 1 is 1.55 bits per heavy atom. The number of hydrogen-bond donors (Lipinski definition) is 1. The Bertz CT molecular complexity index is 444. The highest BCUT2D eigenvalue weighted by Crippen LogP contribution is 2.47. The van der Waals surface area contributed by atoms with Gasteiger partial charge in [-0.3, -0.25) is 4.68 Å². The first-order valence-corrected chi connectivity index (χ1v) is 7.50. The van der Waals surface area contributed by atoms with Gasteiger partial charge in [0.1, 0.15) is 11.3 Å². The average molecular weight is 281 g/mol. The number of ether oxygens (including phenoxy) is 1. The van der Waals surface area contributed by atoms with Gasteiger partial charge < -0.3 is 14.7 Å². The number of aromatic nitrogens is 2. The number of aliphatic hydroxyl groups is 1. The molecule has 1 aromatic rings. The van der Waals surface area contributed by atoms with Crippen molar-refractivity contribution in [3.05, 3.63) is 11.9 Å². The Labute approximate surface area is 121 Å². The van der Waals surface area contributed by atoms with E-state index in [1.165, 1.54) is 0 Å². The SMILES string of the molecule is CCC1CCCC1(O)c1c(OC)cnn1CCN(C)C. The lowest BCUT2D eigenvalue weighted by Crippen LogP contribution is -2.34. The van der Waals surface area contributed by atoms with Gasteiger partial charge in [0.15, 0.2) is 5.75 Å². The van der Waals surface area contributed by atoms with Crippen molar-refractivity contribution >= 4 is 0 Å². The summed E-state index contributed by atoms with van der Waals surface area (Å²) in [6, 6.07) is 0. The van der Waals surface area contributed by atoms with Gasteiger partial charge in [0.05, 0.1) is 19.9 Å². The van der Waals surface area contributed by atoms with E-state index in [1.807, 2.05) is 18.8 Å². The van der Waals surface area contributed by atoms with Crippen LogP contribution < -0.4 is 4.74 Å². The number of likely N-dealkylation sites (N-methyl/N-ethyl adjacent to an activating group) is 1. The van der Waals surface area contributed by atoms with Crippen LogP contribution in [0.5, 0.6) is 5.75 Å². The molecule has 0 spiro atoms. The van der Waals surface area contributed by atoms with Crippen molar-refractivity contribution in [3.8, 4) is 5.75 Å². The minimum Gasteiger partial charge on any atom is -0.493 e. The predicted molar refractivity (Wildman–Crippen MR) is 78.9 cm³/mol. The van der Waals surface area contributed by atoms with Gasteiger partial charge in [-0.2, -0.15) is 5.10 Å². The fourth-order valence-electron chi connectivity index (χ4n) is 3.33. The van der Waals surface area contributed by atoms with E-state index in [0.717, 1.165) is 44.5 Å². The van der Waals surface area contributed by atoms with E-state index in [1.54, 1.807) is 13.3 Å². The summed E-state index contributed by atoms with van der Waals surface area (Å²) in [6.45, 7) is 3.81. The van der Waals surface area contributed by atoms with Crippen LogP contribution in [0.1, 0.15) is 38.3 Å². The molecular formula is C15H27N3O2. The van der Waals surface area contributed by atoms with Crippen LogP contribution in [-0.2, 0) is 12.1 Å². The summed E-state index contributed by atoms with van der Waals surface area (Å²) in [5, 5.41) is 15.6. The number of rotatable bonds is 6. The summed E-state index contributed by atoms with van der Waals surface area (Å²) in [5.74, 6) is 1.01. The minimum absolute atomic E-state index is 0.297. The molecular weight excluding hydrogens is 254 g/mol. The van der Waals surface area contributed by atoms with Crippen LogP contribution in [0.15, 0.2) is 6.20 Å². The molecule has 1 saturated carbocycles. The maximum atomic E-state index is 11.2. The van der Waals surface area contributed by atoms with E-state index in [4.69, 9.17) is 4.74 Å². The molecule has 1 N–H and O–H groups in total. The second-order valence-corrected chi connectivity index (χ2v) is 6.01. The lowest BCUT2D eigenvalue weighted by Gasteiger charge is -2.31. The van der Waals surface area contributed by atoms with Crippen LogP contribution in [0.2, 0.25) is 0 Å². The summed E-state index contributed by atoms with van der Waals surface area (Å²) >= 11 is 0. The topological polar surface area (TPSA) is 50.5 Å². The Morgan fingerprint density at radius 3 is 2.90 bits per heavy atom. The van der Waals surface area contributed by atoms with Crippen LogP contribution in [-0.4, -0.2) is 47.5 Å². The third-order valence-electron chi connectivity index (χ3n) is 4.47. The lowest BCUT2D eigenvalue weighted by atomic mass is 9.85. The van der Waals surface area contributed by atoms with E-state index in [0.29, 0.717) is 11.7 Å². The van der Waals surface area contributed by atoms with E-state index in [9.17, 15) is 5.11 Å². The van der Waals surface area contributed by atoms with Crippen molar-refractivity contribution in [2.45, 2.75) is 44.8 Å². The zero-order valence-corrected chi connectivity index (χ0v) is 13.1. The molecule has 5 heteroatoms. The largest absolute Gasteiger partial charge is 0.493 e. The predicted octanol–water partition coefficient (Wildman–Crippen LogP) is 1.85. The van der Waals surface area contributed by atoms with Crippen LogP contribution in [0.3, 0.4) is 0 Å². The summed E-state index contributed by atoms with van der Waals surface area (Å²) < 4.78 is 7.37. The first-order chi connectivity index (χ1) is 9.52. The zero-order chi connectivity index (χ0) is 14.8. The second-order valence-electron chi connectivity index (χ2n) is 6.01. The van der Waals surface area contributed by atoms with Gasteiger partial charge in [-0.05, 0) is 39.3 Å². The minimum atomic E-state index is -0.789. The Kier molecular flexibility index (Phi) is 4.70. The molecule has 1 aliphatic carbocycles. The molecule has 1 aromatic heterocycles. The standard InChI is InChI=1S/C15H27N3O2/c1-5-12-7-6-8-15(12,19)14-13(20-4)11-16-18(14)10-9-17(2)3/h11-12,19H,5-10H2,1-4H3. The molecule has 1 aliphatic rings. The molecule has 0 bridgehead atoms. The summed E-state index contributed by atoms with van der Waals surface area (Å²) in [5.41, 5.74) is 0.0781. The van der Waals surface area contributed by atoms with E-state index in [2.05, 4.69) is 16.9 Å². The molecule has 20 heavy (non-hydrogen) atoms. The summed E-state index contributed by atoms with van der Waals surface area (Å²) in [4.78, 5) is 2.12. The first kappa shape index (κ1) is 15.3. The van der Waals surface area contributed by atoms with Crippen molar-refractivity contribution in [2.75, 3.05) is 27.7 Å². The lowest BCUT2D eigenvalue weighted by molar-refractivity contribution is -0.0143. The van der Waals surface area contributed by atoms with Gasteiger partial charge in [0.2, 0.25) is 0 Å². The van der Waals surface area contributed by atoms with Gasteiger partial charge in [-0.1, -0.05) is 13.3 Å². The van der Waals surface area contributed by atoms with Gasteiger partial charge in [-0.15, -0.1) is 0 Å². The molecule has 0 amide bonds. The molecule has 2 unspecified atom stereocenters. The van der Waals surface area contributed by atoms with Crippen LogP contribution in [0, 0.1) is 5.92 Å². The fraction of sp³-hybridized carbons (Fsp3) is 0.800. The Morgan fingerprint density at radius 2 is 2.30 bits per heavy atom. The summed E-state index contributed by atoms with van der Waals surface area (Å²) in [7, 11) is 5.73. The fourth-order valence-corrected chi connectivity index (χ4v) is 3.33. The Hall–Kier alpha value is -1.07. The second kappa shape index (κ2) is 6.14. The van der Waals surface area contributed by atoms with Crippen molar-refractivity contribution in [1.82, 2.24) is 14.7 Å². The first-order valence-electron chi connectivity index (χ1n) is 7.50. The van der Waals surface area contributed by atoms with E-state index in [-0.39, 0.29) is 0 Å². The molecule has 0 saturated heterocycles. The van der Waals surface area contributed by atoms with Gasteiger partial charge in [0, 0.05) is 6.54 Å². The molecule has 2 atom stereocenters. The van der Waals surface area contributed by atoms with Crippen LogP contribution in [0.4, 0.5) is 0 Å². The van der Waals surface area contributed by atoms with Gasteiger partial charge in [-0.25, -0.2) is 0 Å². The Balaban J connectivity index is 2.35. The highest BCUT2D eigenvalue weighted by molar-refractivity contribution is 5.32. The smallest absolute Gasteiger partial charge is 0.162 e. The molecule has 1 fully saturated rings. The molecule has 1 heterocycles. The normalized spacial score (nSPS) is 26.4. The monoisotopic (exact) mass is 281 g/mol. The molecule has 5 nitrogen and oxygen atoms in total. The van der Waals surface area contributed by atoms with Crippen LogP contribution >= 0.6 is 0 Å². The quantitative estimate of drug-likeness (QED) is 0.864. The van der Waals surface area contributed by atoms with E-state index < -0.39 is 5.60 Å². The zero-order valence-electron chi connectivity index (χ0n) is 13.1. The van der Waals surface area contributed by atoms with Gasteiger partial charge >= 0.3 is 0 Å².